The lowest BCUT2D eigenvalue weighted by Crippen LogP contribution is -2.25. The Morgan fingerprint density at radius 2 is 1.89 bits per heavy atom. The molecule has 1 N–H and O–H groups in total. The highest BCUT2D eigenvalue weighted by atomic mass is 16.6. The molecular weight excluding hydrogens is 238 g/mol. The molecule has 0 aromatic heterocycles. The normalized spacial score (nSPS) is 15.6. The molecule has 1 aromatic rings. The minimum Gasteiger partial charge on any atom is -0.486 e. The zero-order chi connectivity index (χ0) is 13.7. The van der Waals surface area contributed by atoms with Crippen molar-refractivity contribution in [3.8, 4) is 11.5 Å². The molecule has 1 aromatic carbocycles. The molecule has 1 aliphatic rings. The molecule has 0 radical (unpaired) electrons. The van der Waals surface area contributed by atoms with Crippen LogP contribution in [-0.2, 0) is 0 Å². The topological polar surface area (TPSA) is 30.5 Å². The largest absolute Gasteiger partial charge is 0.486 e. The molecule has 1 aliphatic heterocycles. The summed E-state index contributed by atoms with van der Waals surface area (Å²) in [5.74, 6) is 2.89. The first-order valence-corrected chi connectivity index (χ1v) is 7.32. The van der Waals surface area contributed by atoms with E-state index in [1.165, 1.54) is 12.0 Å². The zero-order valence-electron chi connectivity index (χ0n) is 12.2. The lowest BCUT2D eigenvalue weighted by molar-refractivity contribution is 0.171. The summed E-state index contributed by atoms with van der Waals surface area (Å²) in [6, 6.07) is 6.36. The van der Waals surface area contributed by atoms with Crippen LogP contribution >= 0.6 is 0 Å². The van der Waals surface area contributed by atoms with Gasteiger partial charge in [-0.1, -0.05) is 26.8 Å². The maximum absolute atomic E-state index is 5.67. The third kappa shape index (κ3) is 3.63. The molecule has 3 heteroatoms. The summed E-state index contributed by atoms with van der Waals surface area (Å²) in [7, 11) is 0. The minimum atomic E-state index is 0.516. The van der Waals surface area contributed by atoms with Crippen molar-refractivity contribution in [2.75, 3.05) is 26.3 Å². The van der Waals surface area contributed by atoms with Gasteiger partial charge in [0.2, 0.25) is 0 Å². The molecule has 0 saturated carbocycles. The van der Waals surface area contributed by atoms with E-state index in [0.717, 1.165) is 24.6 Å². The highest BCUT2D eigenvalue weighted by molar-refractivity contribution is 5.45. The van der Waals surface area contributed by atoms with Crippen molar-refractivity contribution in [3.63, 3.8) is 0 Å². The number of benzene rings is 1. The van der Waals surface area contributed by atoms with Crippen LogP contribution in [0.25, 0.3) is 0 Å². The van der Waals surface area contributed by atoms with E-state index >= 15 is 0 Å². The predicted octanol–water partition coefficient (Wildman–Crippen LogP) is 3.20. The third-order valence-corrected chi connectivity index (χ3v) is 3.59. The molecule has 0 spiro atoms. The second-order valence-corrected chi connectivity index (χ2v) is 5.46. The average Bonchev–Trinajstić information content (AvgIpc) is 2.43. The van der Waals surface area contributed by atoms with Crippen LogP contribution in [0, 0.1) is 5.92 Å². The molecule has 1 atom stereocenters. The summed E-state index contributed by atoms with van der Waals surface area (Å²) >= 11 is 0. The van der Waals surface area contributed by atoms with Gasteiger partial charge in [-0.25, -0.2) is 0 Å². The number of nitrogens with one attached hydrogen (secondary N) is 1. The first kappa shape index (κ1) is 14.2. The van der Waals surface area contributed by atoms with Gasteiger partial charge in [0.05, 0.1) is 0 Å². The van der Waals surface area contributed by atoms with Gasteiger partial charge in [-0.05, 0) is 42.5 Å². The van der Waals surface area contributed by atoms with Crippen molar-refractivity contribution in [3.05, 3.63) is 23.8 Å². The second-order valence-electron chi connectivity index (χ2n) is 5.46. The molecule has 0 aliphatic carbocycles. The maximum Gasteiger partial charge on any atom is 0.161 e. The third-order valence-electron chi connectivity index (χ3n) is 3.59. The van der Waals surface area contributed by atoms with Gasteiger partial charge >= 0.3 is 0 Å². The molecule has 0 bridgehead atoms. The molecule has 2 rings (SSSR count). The van der Waals surface area contributed by atoms with Gasteiger partial charge in [0, 0.05) is 6.54 Å². The van der Waals surface area contributed by atoms with Crippen molar-refractivity contribution in [2.45, 2.75) is 33.1 Å². The Morgan fingerprint density at radius 1 is 1.16 bits per heavy atom. The Balaban J connectivity index is 2.12. The highest BCUT2D eigenvalue weighted by Crippen LogP contribution is 2.34. The number of hydrogen-bond acceptors (Lipinski definition) is 3. The second kappa shape index (κ2) is 6.80. The summed E-state index contributed by atoms with van der Waals surface area (Å²) in [4.78, 5) is 0. The van der Waals surface area contributed by atoms with E-state index in [9.17, 15) is 0 Å². The fourth-order valence-electron chi connectivity index (χ4n) is 2.46. The van der Waals surface area contributed by atoms with E-state index in [4.69, 9.17) is 9.47 Å². The summed E-state index contributed by atoms with van der Waals surface area (Å²) in [6.07, 6.45) is 1.17. The van der Waals surface area contributed by atoms with Crippen molar-refractivity contribution in [1.29, 1.82) is 0 Å². The van der Waals surface area contributed by atoms with Crippen LogP contribution in [0.5, 0.6) is 11.5 Å². The van der Waals surface area contributed by atoms with Crippen LogP contribution in [0.15, 0.2) is 18.2 Å². The van der Waals surface area contributed by atoms with Gasteiger partial charge in [-0.3, -0.25) is 0 Å². The van der Waals surface area contributed by atoms with Gasteiger partial charge in [0.25, 0.3) is 0 Å². The summed E-state index contributed by atoms with van der Waals surface area (Å²) in [5.41, 5.74) is 1.34. The van der Waals surface area contributed by atoms with Gasteiger partial charge in [-0.2, -0.15) is 0 Å². The van der Waals surface area contributed by atoms with Crippen molar-refractivity contribution >= 4 is 0 Å². The molecule has 106 valence electrons. The number of rotatable bonds is 6. The van der Waals surface area contributed by atoms with E-state index in [-0.39, 0.29) is 0 Å². The quantitative estimate of drug-likeness (QED) is 0.800. The van der Waals surface area contributed by atoms with Crippen LogP contribution in [0.2, 0.25) is 0 Å². The Kier molecular flexibility index (Phi) is 5.08. The smallest absolute Gasteiger partial charge is 0.161 e. The van der Waals surface area contributed by atoms with Crippen LogP contribution in [0.1, 0.15) is 38.7 Å². The number of ether oxygens (including phenoxy) is 2. The molecule has 1 unspecified atom stereocenters. The lowest BCUT2D eigenvalue weighted by atomic mass is 9.88. The van der Waals surface area contributed by atoms with E-state index in [2.05, 4.69) is 38.2 Å². The summed E-state index contributed by atoms with van der Waals surface area (Å²) in [6.45, 7) is 10.1. The fourth-order valence-corrected chi connectivity index (χ4v) is 2.46. The fraction of sp³-hybridized carbons (Fsp3) is 0.625. The van der Waals surface area contributed by atoms with Crippen molar-refractivity contribution < 1.29 is 9.47 Å². The van der Waals surface area contributed by atoms with Gasteiger partial charge in [0.1, 0.15) is 13.2 Å². The Hall–Kier alpha value is -1.22. The first-order valence-electron chi connectivity index (χ1n) is 7.32. The summed E-state index contributed by atoms with van der Waals surface area (Å²) < 4.78 is 11.3. The predicted molar refractivity (Wildman–Crippen MR) is 78.2 cm³/mol. The SMILES string of the molecule is CCCNCC(c1ccc2c(c1)OCCO2)C(C)C. The van der Waals surface area contributed by atoms with Crippen LogP contribution in [0.4, 0.5) is 0 Å². The van der Waals surface area contributed by atoms with E-state index in [1.807, 2.05) is 6.07 Å². The standard InChI is InChI=1S/C16H25NO2/c1-4-7-17-11-14(12(2)3)13-5-6-15-16(10-13)19-9-8-18-15/h5-6,10,12,14,17H,4,7-9,11H2,1-3H3. The van der Waals surface area contributed by atoms with Crippen LogP contribution < -0.4 is 14.8 Å². The molecule has 1 heterocycles. The van der Waals surface area contributed by atoms with E-state index in [0.29, 0.717) is 25.0 Å². The van der Waals surface area contributed by atoms with E-state index in [1.54, 1.807) is 0 Å². The number of hydrogen-bond donors (Lipinski definition) is 1. The summed E-state index contributed by atoms with van der Waals surface area (Å²) in [5, 5.41) is 3.52. The van der Waals surface area contributed by atoms with Crippen LogP contribution in [-0.4, -0.2) is 26.3 Å². The lowest BCUT2D eigenvalue weighted by Gasteiger charge is -2.25. The monoisotopic (exact) mass is 263 g/mol. The van der Waals surface area contributed by atoms with Gasteiger partial charge in [-0.15, -0.1) is 0 Å². The molecule has 3 nitrogen and oxygen atoms in total. The number of fused-ring (bicyclic) bond motifs is 1. The molecule has 0 amide bonds. The molecular formula is C16H25NO2. The Morgan fingerprint density at radius 3 is 2.58 bits per heavy atom. The van der Waals surface area contributed by atoms with Crippen molar-refractivity contribution in [2.24, 2.45) is 5.92 Å². The van der Waals surface area contributed by atoms with E-state index < -0.39 is 0 Å². The zero-order valence-corrected chi connectivity index (χ0v) is 12.2. The molecule has 0 saturated heterocycles. The van der Waals surface area contributed by atoms with Gasteiger partial charge in [0.15, 0.2) is 11.5 Å². The van der Waals surface area contributed by atoms with Crippen LogP contribution in [0.3, 0.4) is 0 Å². The first-order chi connectivity index (χ1) is 9.22. The van der Waals surface area contributed by atoms with Gasteiger partial charge < -0.3 is 14.8 Å². The minimum absolute atomic E-state index is 0.516. The Labute approximate surface area is 116 Å². The molecule has 0 fully saturated rings. The van der Waals surface area contributed by atoms with Crippen molar-refractivity contribution in [1.82, 2.24) is 5.32 Å². The average molecular weight is 263 g/mol. The molecule has 19 heavy (non-hydrogen) atoms. The Bertz CT molecular complexity index is 404. The maximum atomic E-state index is 5.67. The highest BCUT2D eigenvalue weighted by Gasteiger charge is 2.19.